The number of aryl methyl sites for hydroxylation is 1. The first kappa shape index (κ1) is 23.0. The maximum atomic E-state index is 15.0. The minimum absolute atomic E-state index is 0.0113. The van der Waals surface area contributed by atoms with E-state index < -0.39 is 12.1 Å². The summed E-state index contributed by atoms with van der Waals surface area (Å²) in [7, 11) is 1.77. The lowest BCUT2D eigenvalue weighted by atomic mass is 9.98. The van der Waals surface area contributed by atoms with E-state index in [9.17, 15) is 9.18 Å². The van der Waals surface area contributed by atoms with Gasteiger partial charge in [-0.3, -0.25) is 4.79 Å². The highest BCUT2D eigenvalue weighted by atomic mass is 19.1. The molecule has 0 bridgehead atoms. The maximum absolute atomic E-state index is 15.0. The third-order valence-corrected chi connectivity index (χ3v) is 6.76. The van der Waals surface area contributed by atoms with Gasteiger partial charge in [0.1, 0.15) is 34.9 Å². The van der Waals surface area contributed by atoms with E-state index in [1.165, 1.54) is 6.07 Å². The molecule has 0 fully saturated rings. The molecule has 0 amide bonds. The Kier molecular flexibility index (Phi) is 5.71. The summed E-state index contributed by atoms with van der Waals surface area (Å²) >= 11 is 0. The zero-order chi connectivity index (χ0) is 25.5. The molecule has 10 heteroatoms. The highest BCUT2D eigenvalue weighted by molar-refractivity contribution is 5.69. The molecular weight excluding hydrogens is 479 g/mol. The number of carbonyl (C=O) groups is 1. The SMILES string of the molecule is Cn1nnnc1-c1ccc(Oc2ccc(F)c3c2CC[C@H]3Oc2ccc3c(c2)OC[C@H]3CC(=O)O)cc1. The van der Waals surface area contributed by atoms with Gasteiger partial charge in [-0.15, -0.1) is 5.10 Å². The summed E-state index contributed by atoms with van der Waals surface area (Å²) in [6, 6.07) is 15.8. The lowest BCUT2D eigenvalue weighted by Crippen LogP contribution is -2.07. The number of ether oxygens (including phenoxy) is 3. The number of halogens is 1. The van der Waals surface area contributed by atoms with Crippen LogP contribution in [0, 0.1) is 5.82 Å². The predicted octanol–water partition coefficient (Wildman–Crippen LogP) is 4.83. The average Bonchev–Trinajstić information content (AvgIpc) is 3.61. The second-order valence-electron chi connectivity index (χ2n) is 9.14. The van der Waals surface area contributed by atoms with Gasteiger partial charge in [-0.25, -0.2) is 9.07 Å². The Morgan fingerprint density at radius 3 is 2.73 bits per heavy atom. The van der Waals surface area contributed by atoms with Crippen LogP contribution in [0.4, 0.5) is 4.39 Å². The standard InChI is InChI=1S/C27H23FN4O5/c1-32-27(29-30-31-32)15-2-4-17(5-3-15)36-22-11-9-21(28)26-20(22)8-10-23(26)37-18-6-7-19-16(12-25(33)34)14-35-24(19)13-18/h2-7,9,11,13,16,23H,8,10,12,14H2,1H3,(H,33,34)/t16-,23-/m1/s1. The Morgan fingerprint density at radius 2 is 1.97 bits per heavy atom. The predicted molar refractivity (Wildman–Crippen MR) is 129 cm³/mol. The summed E-state index contributed by atoms with van der Waals surface area (Å²) in [4.78, 5) is 11.1. The van der Waals surface area contributed by atoms with Crippen LogP contribution in [0.25, 0.3) is 11.4 Å². The largest absolute Gasteiger partial charge is 0.492 e. The van der Waals surface area contributed by atoms with Gasteiger partial charge in [-0.1, -0.05) is 6.07 Å². The van der Waals surface area contributed by atoms with E-state index in [-0.39, 0.29) is 18.2 Å². The van der Waals surface area contributed by atoms with Crippen molar-refractivity contribution in [2.24, 2.45) is 7.05 Å². The number of fused-ring (bicyclic) bond motifs is 2. The quantitative estimate of drug-likeness (QED) is 0.383. The first-order valence-electron chi connectivity index (χ1n) is 11.9. The highest BCUT2D eigenvalue weighted by Crippen LogP contribution is 2.44. The fourth-order valence-corrected chi connectivity index (χ4v) is 5.00. The van der Waals surface area contributed by atoms with Crippen molar-refractivity contribution < 1.29 is 28.5 Å². The van der Waals surface area contributed by atoms with Crippen molar-refractivity contribution in [2.45, 2.75) is 31.3 Å². The Balaban J connectivity index is 1.20. The fraction of sp³-hybridized carbons (Fsp3) is 0.259. The van der Waals surface area contributed by atoms with Crippen molar-refractivity contribution in [3.05, 3.63) is 77.1 Å². The fourth-order valence-electron chi connectivity index (χ4n) is 5.00. The van der Waals surface area contributed by atoms with Gasteiger partial charge >= 0.3 is 5.97 Å². The first-order valence-corrected chi connectivity index (χ1v) is 11.9. The van der Waals surface area contributed by atoms with Crippen molar-refractivity contribution in [3.63, 3.8) is 0 Å². The number of aliphatic carboxylic acids is 1. The smallest absolute Gasteiger partial charge is 0.304 e. The third kappa shape index (κ3) is 4.35. The molecule has 37 heavy (non-hydrogen) atoms. The molecule has 1 aromatic heterocycles. The van der Waals surface area contributed by atoms with Crippen LogP contribution < -0.4 is 14.2 Å². The van der Waals surface area contributed by atoms with E-state index in [0.29, 0.717) is 53.8 Å². The maximum Gasteiger partial charge on any atom is 0.304 e. The summed E-state index contributed by atoms with van der Waals surface area (Å²) in [5.74, 6) is 1.62. The minimum atomic E-state index is -0.864. The Hall–Kier alpha value is -4.47. The molecule has 2 heterocycles. The van der Waals surface area contributed by atoms with Crippen LogP contribution in [0.15, 0.2) is 54.6 Å². The number of carboxylic acids is 1. The lowest BCUT2D eigenvalue weighted by Gasteiger charge is -2.17. The number of benzene rings is 3. The molecule has 0 unspecified atom stereocenters. The van der Waals surface area contributed by atoms with Crippen LogP contribution in [0.3, 0.4) is 0 Å². The van der Waals surface area contributed by atoms with Gasteiger partial charge in [0.05, 0.1) is 13.0 Å². The number of tetrazole rings is 1. The van der Waals surface area contributed by atoms with Crippen molar-refractivity contribution in [3.8, 4) is 34.4 Å². The highest BCUT2D eigenvalue weighted by Gasteiger charge is 2.32. The van der Waals surface area contributed by atoms with Gasteiger partial charge in [0, 0.05) is 41.3 Å². The van der Waals surface area contributed by atoms with Crippen molar-refractivity contribution in [1.29, 1.82) is 0 Å². The zero-order valence-corrected chi connectivity index (χ0v) is 19.9. The van der Waals surface area contributed by atoms with Gasteiger partial charge in [0.15, 0.2) is 5.82 Å². The minimum Gasteiger partial charge on any atom is -0.492 e. The monoisotopic (exact) mass is 502 g/mol. The number of rotatable bonds is 7. The number of hydrogen-bond donors (Lipinski definition) is 1. The van der Waals surface area contributed by atoms with E-state index in [4.69, 9.17) is 19.3 Å². The van der Waals surface area contributed by atoms with Crippen LogP contribution in [0.5, 0.6) is 23.0 Å². The molecule has 0 saturated carbocycles. The lowest BCUT2D eigenvalue weighted by molar-refractivity contribution is -0.137. The third-order valence-electron chi connectivity index (χ3n) is 6.76. The first-order chi connectivity index (χ1) is 18.0. The van der Waals surface area contributed by atoms with E-state index >= 15 is 0 Å². The summed E-state index contributed by atoms with van der Waals surface area (Å²) < 4.78 is 34.6. The summed E-state index contributed by atoms with van der Waals surface area (Å²) in [5, 5.41) is 20.6. The van der Waals surface area contributed by atoms with Crippen LogP contribution in [-0.2, 0) is 18.3 Å². The zero-order valence-electron chi connectivity index (χ0n) is 19.9. The molecule has 6 rings (SSSR count). The Bertz CT molecular complexity index is 1490. The summed E-state index contributed by atoms with van der Waals surface area (Å²) in [5.41, 5.74) is 2.98. The van der Waals surface area contributed by atoms with Crippen LogP contribution in [0.2, 0.25) is 0 Å². The second kappa shape index (κ2) is 9.20. The molecule has 2 aliphatic rings. The van der Waals surface area contributed by atoms with Crippen molar-refractivity contribution in [2.75, 3.05) is 6.61 Å². The molecule has 0 spiro atoms. The van der Waals surface area contributed by atoms with Crippen molar-refractivity contribution >= 4 is 5.97 Å². The van der Waals surface area contributed by atoms with Gasteiger partial charge in [0.2, 0.25) is 0 Å². The number of hydrogen-bond acceptors (Lipinski definition) is 7. The van der Waals surface area contributed by atoms with Gasteiger partial charge < -0.3 is 19.3 Å². The van der Waals surface area contributed by atoms with Crippen molar-refractivity contribution in [1.82, 2.24) is 20.2 Å². The van der Waals surface area contributed by atoms with Crippen LogP contribution >= 0.6 is 0 Å². The molecule has 0 saturated heterocycles. The number of aromatic nitrogens is 4. The molecule has 1 aliphatic heterocycles. The van der Waals surface area contributed by atoms with E-state index in [1.807, 2.05) is 30.3 Å². The van der Waals surface area contributed by atoms with Gasteiger partial charge in [-0.2, -0.15) is 0 Å². The molecule has 3 aromatic carbocycles. The normalized spacial score (nSPS) is 17.7. The molecule has 0 radical (unpaired) electrons. The molecule has 188 valence electrons. The molecule has 2 atom stereocenters. The molecule has 4 aromatic rings. The molecular formula is C27H23FN4O5. The average molecular weight is 503 g/mol. The van der Waals surface area contributed by atoms with E-state index in [1.54, 1.807) is 29.9 Å². The summed E-state index contributed by atoms with van der Waals surface area (Å²) in [6.45, 7) is 0.323. The van der Waals surface area contributed by atoms with Gasteiger partial charge in [0.25, 0.3) is 0 Å². The van der Waals surface area contributed by atoms with E-state index in [0.717, 1.165) is 16.7 Å². The topological polar surface area (TPSA) is 109 Å². The Labute approximate surface area is 211 Å². The molecule has 9 nitrogen and oxygen atoms in total. The Morgan fingerprint density at radius 1 is 1.16 bits per heavy atom. The van der Waals surface area contributed by atoms with E-state index in [2.05, 4.69) is 15.5 Å². The molecule has 1 aliphatic carbocycles. The molecule has 1 N–H and O–H groups in total. The van der Waals surface area contributed by atoms with Crippen LogP contribution in [-0.4, -0.2) is 37.9 Å². The summed E-state index contributed by atoms with van der Waals surface area (Å²) in [6.07, 6.45) is 0.748. The second-order valence-corrected chi connectivity index (χ2v) is 9.14. The number of carboxylic acid groups (broad SMARTS) is 1. The van der Waals surface area contributed by atoms with Crippen LogP contribution in [0.1, 0.15) is 41.6 Å². The van der Waals surface area contributed by atoms with Gasteiger partial charge in [-0.05, 0) is 65.7 Å². The number of nitrogens with zero attached hydrogens (tertiary/aromatic N) is 4.